The first-order valence-electron chi connectivity index (χ1n) is 11.8. The molecule has 0 saturated carbocycles. The second kappa shape index (κ2) is 9.14. The van der Waals surface area contributed by atoms with Crippen LogP contribution in [-0.4, -0.2) is 6.17 Å². The van der Waals surface area contributed by atoms with Crippen LogP contribution < -0.4 is 11.1 Å². The minimum absolute atomic E-state index is 0.311. The predicted octanol–water partition coefficient (Wildman–Crippen LogP) is 6.72. The third-order valence-electron chi connectivity index (χ3n) is 6.98. The van der Waals surface area contributed by atoms with E-state index in [-0.39, 0.29) is 5.82 Å². The summed E-state index contributed by atoms with van der Waals surface area (Å²) in [6, 6.07) is 35.7. The van der Waals surface area contributed by atoms with Crippen molar-refractivity contribution in [3.05, 3.63) is 144 Å². The molecule has 0 spiro atoms. The van der Waals surface area contributed by atoms with Crippen LogP contribution in [0.25, 0.3) is 11.0 Å². The lowest BCUT2D eigenvalue weighted by atomic mass is 9.74. The minimum Gasteiger partial charge on any atom is -0.464 e. The van der Waals surface area contributed by atoms with E-state index < -0.39 is 17.1 Å². The van der Waals surface area contributed by atoms with E-state index in [1.165, 1.54) is 12.1 Å². The zero-order valence-corrected chi connectivity index (χ0v) is 19.9. The monoisotopic (exact) mass is 464 g/mol. The highest BCUT2D eigenvalue weighted by atomic mass is 19.1. The Balaban J connectivity index is 1.70. The molecule has 3 nitrogen and oxygen atoms in total. The Labute approximate surface area is 205 Å². The summed E-state index contributed by atoms with van der Waals surface area (Å²) in [7, 11) is 0. The Kier molecular flexibility index (Phi) is 6.01. The molecule has 3 N–H and O–H groups in total. The molecule has 1 aromatic heterocycles. The van der Waals surface area contributed by atoms with Crippen LogP contribution in [-0.2, 0) is 11.0 Å². The summed E-state index contributed by atoms with van der Waals surface area (Å²) in [6.07, 6.45) is 1.02. The third-order valence-corrected chi connectivity index (χ3v) is 6.98. The number of furan rings is 1. The highest BCUT2D eigenvalue weighted by Gasteiger charge is 2.42. The molecule has 35 heavy (non-hydrogen) atoms. The summed E-state index contributed by atoms with van der Waals surface area (Å²) < 4.78 is 20.4. The number of benzene rings is 4. The van der Waals surface area contributed by atoms with Crippen LogP contribution >= 0.6 is 0 Å². The van der Waals surface area contributed by atoms with Gasteiger partial charge in [0.05, 0.1) is 18.0 Å². The summed E-state index contributed by atoms with van der Waals surface area (Å²) >= 11 is 0. The summed E-state index contributed by atoms with van der Waals surface area (Å²) in [5.41, 5.74) is 10.2. The summed E-state index contributed by atoms with van der Waals surface area (Å²) in [4.78, 5) is 0. The van der Waals surface area contributed by atoms with Gasteiger partial charge in [0.1, 0.15) is 11.4 Å². The van der Waals surface area contributed by atoms with E-state index in [1.807, 2.05) is 68.4 Å². The third kappa shape index (κ3) is 4.05. The first-order valence-corrected chi connectivity index (χ1v) is 11.8. The lowest BCUT2D eigenvalue weighted by molar-refractivity contribution is 0.289. The zero-order chi connectivity index (χ0) is 24.5. The fraction of sp³-hybridized carbons (Fsp3) is 0.161. The number of rotatable bonds is 7. The molecule has 0 aliphatic rings. The predicted molar refractivity (Wildman–Crippen MR) is 140 cm³/mol. The molecular formula is C31H29FN2O. The van der Waals surface area contributed by atoms with Crippen molar-refractivity contribution in [3.63, 3.8) is 0 Å². The van der Waals surface area contributed by atoms with Crippen molar-refractivity contribution < 1.29 is 8.81 Å². The van der Waals surface area contributed by atoms with Gasteiger partial charge < -0.3 is 10.2 Å². The largest absolute Gasteiger partial charge is 0.464 e. The van der Waals surface area contributed by atoms with E-state index in [0.717, 1.165) is 27.6 Å². The summed E-state index contributed by atoms with van der Waals surface area (Å²) in [5, 5.41) is 4.53. The Hall–Kier alpha value is -3.73. The maximum Gasteiger partial charge on any atom is 0.137 e. The number of hydrogen-bond donors (Lipinski definition) is 2. The maximum atomic E-state index is 14.6. The Morgan fingerprint density at radius 1 is 0.743 bits per heavy atom. The van der Waals surface area contributed by atoms with E-state index in [1.54, 1.807) is 12.3 Å². The Bertz CT molecular complexity index is 1320. The van der Waals surface area contributed by atoms with Gasteiger partial charge in [-0.25, -0.2) is 4.39 Å². The lowest BCUT2D eigenvalue weighted by Gasteiger charge is -2.43. The van der Waals surface area contributed by atoms with Crippen LogP contribution in [0.3, 0.4) is 0 Å². The molecule has 4 aromatic carbocycles. The summed E-state index contributed by atoms with van der Waals surface area (Å²) in [6.45, 7) is 4.04. The van der Waals surface area contributed by atoms with Gasteiger partial charge in [0, 0.05) is 16.4 Å². The molecule has 5 rings (SSSR count). The van der Waals surface area contributed by atoms with Crippen LogP contribution in [0.5, 0.6) is 0 Å². The van der Waals surface area contributed by atoms with Gasteiger partial charge in [-0.2, -0.15) is 0 Å². The number of nitrogens with two attached hydrogens (primary N) is 1. The molecule has 0 saturated heterocycles. The first kappa shape index (κ1) is 23.0. The van der Waals surface area contributed by atoms with Crippen molar-refractivity contribution in [3.8, 4) is 0 Å². The average molecular weight is 465 g/mol. The van der Waals surface area contributed by atoms with Crippen molar-refractivity contribution in [2.45, 2.75) is 31.0 Å². The highest BCUT2D eigenvalue weighted by molar-refractivity contribution is 5.81. The molecule has 0 aliphatic heterocycles. The molecule has 0 bridgehead atoms. The van der Waals surface area contributed by atoms with E-state index in [2.05, 4.69) is 41.7 Å². The van der Waals surface area contributed by atoms with E-state index in [0.29, 0.717) is 5.58 Å². The van der Waals surface area contributed by atoms with Gasteiger partial charge in [0.15, 0.2) is 0 Å². The second-order valence-corrected chi connectivity index (χ2v) is 9.48. The highest BCUT2D eigenvalue weighted by Crippen LogP contribution is 2.40. The van der Waals surface area contributed by atoms with Crippen molar-refractivity contribution in [1.29, 1.82) is 0 Å². The average Bonchev–Trinajstić information content (AvgIpc) is 3.36. The SMILES string of the molecule is CC(C)(c1cc(F)cc2ccoc12)C(N)NC(c1ccccc1)(c1ccccc1)c1ccccc1. The summed E-state index contributed by atoms with van der Waals surface area (Å²) in [5.74, 6) is -0.311. The van der Waals surface area contributed by atoms with Crippen molar-refractivity contribution in [2.24, 2.45) is 5.73 Å². The van der Waals surface area contributed by atoms with Crippen molar-refractivity contribution >= 4 is 11.0 Å². The minimum atomic E-state index is -0.740. The van der Waals surface area contributed by atoms with Gasteiger partial charge in [-0.3, -0.25) is 5.32 Å². The van der Waals surface area contributed by atoms with Gasteiger partial charge in [0.25, 0.3) is 0 Å². The molecule has 0 fully saturated rings. The van der Waals surface area contributed by atoms with Crippen LogP contribution in [0.1, 0.15) is 36.1 Å². The van der Waals surface area contributed by atoms with Gasteiger partial charge >= 0.3 is 0 Å². The van der Waals surface area contributed by atoms with Crippen LogP contribution in [0.15, 0.2) is 120 Å². The molecule has 1 atom stereocenters. The van der Waals surface area contributed by atoms with Gasteiger partial charge in [0.2, 0.25) is 0 Å². The molecule has 1 heterocycles. The quantitative estimate of drug-likeness (QED) is 0.208. The van der Waals surface area contributed by atoms with Gasteiger partial charge in [-0.1, -0.05) is 105 Å². The molecular weight excluding hydrogens is 435 g/mol. The van der Waals surface area contributed by atoms with Crippen LogP contribution in [0.2, 0.25) is 0 Å². The van der Waals surface area contributed by atoms with Gasteiger partial charge in [-0.15, -0.1) is 0 Å². The molecule has 0 radical (unpaired) electrons. The van der Waals surface area contributed by atoms with Crippen LogP contribution in [0.4, 0.5) is 4.39 Å². The molecule has 5 aromatic rings. The second-order valence-electron chi connectivity index (χ2n) is 9.48. The Morgan fingerprint density at radius 3 is 1.71 bits per heavy atom. The van der Waals surface area contributed by atoms with Crippen LogP contribution in [0, 0.1) is 5.82 Å². The molecule has 0 aliphatic carbocycles. The van der Waals surface area contributed by atoms with Gasteiger partial charge in [-0.05, 0) is 34.9 Å². The molecule has 176 valence electrons. The smallest absolute Gasteiger partial charge is 0.137 e. The van der Waals surface area contributed by atoms with E-state index in [9.17, 15) is 4.39 Å². The number of nitrogens with one attached hydrogen (secondary N) is 1. The zero-order valence-electron chi connectivity index (χ0n) is 19.9. The molecule has 4 heteroatoms. The number of fused-ring (bicyclic) bond motifs is 1. The fourth-order valence-corrected chi connectivity index (χ4v) is 4.92. The molecule has 1 unspecified atom stereocenters. The lowest BCUT2D eigenvalue weighted by Crippen LogP contribution is -2.60. The first-order chi connectivity index (χ1) is 16.9. The fourth-order valence-electron chi connectivity index (χ4n) is 4.92. The number of hydrogen-bond acceptors (Lipinski definition) is 3. The topological polar surface area (TPSA) is 51.2 Å². The maximum absolute atomic E-state index is 14.6. The molecule has 0 amide bonds. The van der Waals surface area contributed by atoms with Crippen molar-refractivity contribution in [1.82, 2.24) is 5.32 Å². The van der Waals surface area contributed by atoms with Crippen molar-refractivity contribution in [2.75, 3.05) is 0 Å². The van der Waals surface area contributed by atoms with E-state index >= 15 is 0 Å². The standard InChI is InChI=1S/C31H29FN2O/c1-30(2,27-21-26(32)20-22-18-19-35-28(22)27)29(33)34-31(23-12-6-3-7-13-23,24-14-8-4-9-15-24)25-16-10-5-11-17-25/h3-21,29,34H,33H2,1-2H3. The van der Waals surface area contributed by atoms with E-state index in [4.69, 9.17) is 10.2 Å². The number of halogens is 1. The normalized spacial score (nSPS) is 13.1. The Morgan fingerprint density at radius 2 is 1.23 bits per heavy atom.